The molecule has 0 saturated carbocycles. The Kier molecular flexibility index (Phi) is 3.19. The van der Waals surface area contributed by atoms with E-state index in [9.17, 15) is 0 Å². The molecule has 3 atom stereocenters. The summed E-state index contributed by atoms with van der Waals surface area (Å²) in [7, 11) is 0. The molecule has 13 heavy (non-hydrogen) atoms. The number of aliphatic hydroxyl groups is 1. The molecule has 2 N–H and O–H groups in total. The lowest BCUT2D eigenvalue weighted by Gasteiger charge is -2.31. The molecule has 2 aliphatic rings. The standard InChI is InChI=1S/C10H20N2O/c13-7-1-4-11-10-3-6-12-5-2-9(10)8-12/h9-11,13H,1-8H2. The minimum atomic E-state index is 0.316. The Labute approximate surface area is 80.1 Å². The van der Waals surface area contributed by atoms with Crippen molar-refractivity contribution >= 4 is 0 Å². The Morgan fingerprint density at radius 2 is 2.15 bits per heavy atom. The Hall–Kier alpha value is -0.120. The van der Waals surface area contributed by atoms with Crippen LogP contribution in [0.5, 0.6) is 0 Å². The summed E-state index contributed by atoms with van der Waals surface area (Å²) in [6, 6.07) is 0.727. The van der Waals surface area contributed by atoms with E-state index in [1.54, 1.807) is 0 Å². The number of hydrogen-bond acceptors (Lipinski definition) is 3. The first-order valence-corrected chi connectivity index (χ1v) is 5.47. The molecule has 3 heteroatoms. The number of nitrogens with zero attached hydrogens (tertiary/aromatic N) is 1. The molecule has 0 aromatic heterocycles. The zero-order valence-electron chi connectivity index (χ0n) is 8.21. The van der Waals surface area contributed by atoms with Gasteiger partial charge < -0.3 is 15.3 Å². The van der Waals surface area contributed by atoms with Crippen LogP contribution in [0.3, 0.4) is 0 Å². The highest BCUT2D eigenvalue weighted by Crippen LogP contribution is 2.26. The first-order valence-electron chi connectivity index (χ1n) is 5.47. The van der Waals surface area contributed by atoms with Crippen molar-refractivity contribution in [3.63, 3.8) is 0 Å². The molecular formula is C10H20N2O. The molecule has 0 aliphatic carbocycles. The first-order chi connectivity index (χ1) is 6.40. The van der Waals surface area contributed by atoms with Crippen LogP contribution >= 0.6 is 0 Å². The summed E-state index contributed by atoms with van der Waals surface area (Å²) in [5.41, 5.74) is 0. The van der Waals surface area contributed by atoms with Crippen molar-refractivity contribution in [2.45, 2.75) is 25.3 Å². The Morgan fingerprint density at radius 1 is 1.31 bits per heavy atom. The highest BCUT2D eigenvalue weighted by molar-refractivity contribution is 4.90. The number of fused-ring (bicyclic) bond motifs is 2. The van der Waals surface area contributed by atoms with Crippen molar-refractivity contribution in [1.82, 2.24) is 10.2 Å². The number of nitrogens with one attached hydrogen (secondary N) is 1. The molecule has 0 aromatic rings. The molecule has 2 saturated heterocycles. The number of hydrogen-bond donors (Lipinski definition) is 2. The van der Waals surface area contributed by atoms with Crippen LogP contribution in [0.25, 0.3) is 0 Å². The van der Waals surface area contributed by atoms with E-state index in [1.165, 1.54) is 32.5 Å². The molecule has 0 radical (unpaired) electrons. The van der Waals surface area contributed by atoms with Crippen molar-refractivity contribution in [2.75, 3.05) is 32.8 Å². The van der Waals surface area contributed by atoms with Gasteiger partial charge in [-0.1, -0.05) is 0 Å². The minimum Gasteiger partial charge on any atom is -0.396 e. The average Bonchev–Trinajstić information content (AvgIpc) is 2.53. The molecule has 2 heterocycles. The van der Waals surface area contributed by atoms with Gasteiger partial charge >= 0.3 is 0 Å². The number of aliphatic hydroxyl groups excluding tert-OH is 1. The van der Waals surface area contributed by atoms with Crippen molar-refractivity contribution in [2.24, 2.45) is 5.92 Å². The molecular weight excluding hydrogens is 164 g/mol. The molecule has 3 nitrogen and oxygen atoms in total. The summed E-state index contributed by atoms with van der Waals surface area (Å²) in [5, 5.41) is 12.2. The molecule has 3 unspecified atom stereocenters. The van der Waals surface area contributed by atoms with Crippen molar-refractivity contribution in [3.05, 3.63) is 0 Å². The fourth-order valence-electron chi connectivity index (χ4n) is 2.59. The highest BCUT2D eigenvalue weighted by atomic mass is 16.3. The van der Waals surface area contributed by atoms with Crippen LogP contribution in [0.1, 0.15) is 19.3 Å². The van der Waals surface area contributed by atoms with Crippen LogP contribution in [0.4, 0.5) is 0 Å². The van der Waals surface area contributed by atoms with E-state index in [0.29, 0.717) is 6.61 Å². The predicted molar refractivity (Wildman–Crippen MR) is 52.7 cm³/mol. The van der Waals surface area contributed by atoms with Gasteiger partial charge in [-0.15, -0.1) is 0 Å². The van der Waals surface area contributed by atoms with Gasteiger partial charge in [0.15, 0.2) is 0 Å². The maximum absolute atomic E-state index is 8.68. The zero-order chi connectivity index (χ0) is 9.10. The van der Waals surface area contributed by atoms with Crippen LogP contribution in [0, 0.1) is 5.92 Å². The molecule has 2 aliphatic heterocycles. The van der Waals surface area contributed by atoms with Crippen molar-refractivity contribution < 1.29 is 5.11 Å². The Morgan fingerprint density at radius 3 is 3.00 bits per heavy atom. The fraction of sp³-hybridized carbons (Fsp3) is 1.00. The van der Waals surface area contributed by atoms with Crippen LogP contribution in [0.2, 0.25) is 0 Å². The molecule has 2 rings (SSSR count). The third-order valence-corrected chi connectivity index (χ3v) is 3.38. The maximum Gasteiger partial charge on any atom is 0.0443 e. The fourth-order valence-corrected chi connectivity index (χ4v) is 2.59. The van der Waals surface area contributed by atoms with Gasteiger partial charge in [-0.2, -0.15) is 0 Å². The number of piperidine rings is 1. The summed E-state index contributed by atoms with van der Waals surface area (Å²) < 4.78 is 0. The monoisotopic (exact) mass is 184 g/mol. The van der Waals surface area contributed by atoms with Gasteiger partial charge in [0.05, 0.1) is 0 Å². The predicted octanol–water partition coefficient (Wildman–Crippen LogP) is 0.0526. The van der Waals surface area contributed by atoms with E-state index in [-0.39, 0.29) is 0 Å². The lowest BCUT2D eigenvalue weighted by atomic mass is 9.94. The molecule has 76 valence electrons. The lowest BCUT2D eigenvalue weighted by Crippen LogP contribution is -2.44. The van der Waals surface area contributed by atoms with Gasteiger partial charge in [-0.25, -0.2) is 0 Å². The Balaban J connectivity index is 1.73. The van der Waals surface area contributed by atoms with E-state index in [0.717, 1.165) is 24.9 Å². The van der Waals surface area contributed by atoms with E-state index >= 15 is 0 Å². The molecule has 0 amide bonds. The SMILES string of the molecule is OCCCNC1CCN2CCC1C2. The highest BCUT2D eigenvalue weighted by Gasteiger charge is 2.33. The van der Waals surface area contributed by atoms with E-state index in [1.807, 2.05) is 0 Å². The van der Waals surface area contributed by atoms with Crippen LogP contribution in [-0.4, -0.2) is 48.8 Å². The van der Waals surface area contributed by atoms with Crippen molar-refractivity contribution in [1.29, 1.82) is 0 Å². The van der Waals surface area contributed by atoms with Crippen molar-refractivity contribution in [3.8, 4) is 0 Å². The maximum atomic E-state index is 8.68. The van der Waals surface area contributed by atoms with Gasteiger partial charge in [0.2, 0.25) is 0 Å². The molecule has 2 fully saturated rings. The Bertz CT molecular complexity index is 163. The summed E-state index contributed by atoms with van der Waals surface area (Å²) in [6.07, 6.45) is 3.57. The second kappa shape index (κ2) is 4.40. The largest absolute Gasteiger partial charge is 0.396 e. The van der Waals surface area contributed by atoms with E-state index in [2.05, 4.69) is 10.2 Å². The average molecular weight is 184 g/mol. The summed E-state index contributed by atoms with van der Waals surface area (Å²) in [5.74, 6) is 0.882. The summed E-state index contributed by atoms with van der Waals surface area (Å²) in [6.45, 7) is 5.18. The summed E-state index contributed by atoms with van der Waals surface area (Å²) in [4.78, 5) is 2.56. The van der Waals surface area contributed by atoms with Gasteiger partial charge in [-0.05, 0) is 44.8 Å². The quantitative estimate of drug-likeness (QED) is 0.606. The lowest BCUT2D eigenvalue weighted by molar-refractivity contribution is 0.215. The van der Waals surface area contributed by atoms with Gasteiger partial charge in [0.25, 0.3) is 0 Å². The second-order valence-electron chi connectivity index (χ2n) is 4.28. The van der Waals surface area contributed by atoms with Gasteiger partial charge in [-0.3, -0.25) is 0 Å². The normalized spacial score (nSPS) is 38.1. The third kappa shape index (κ3) is 2.22. The van der Waals surface area contributed by atoms with E-state index < -0.39 is 0 Å². The second-order valence-corrected chi connectivity index (χ2v) is 4.28. The van der Waals surface area contributed by atoms with Crippen LogP contribution < -0.4 is 5.32 Å². The zero-order valence-corrected chi connectivity index (χ0v) is 8.21. The third-order valence-electron chi connectivity index (χ3n) is 3.38. The van der Waals surface area contributed by atoms with E-state index in [4.69, 9.17) is 5.11 Å². The first kappa shape index (κ1) is 9.44. The van der Waals surface area contributed by atoms with Gasteiger partial charge in [0, 0.05) is 19.2 Å². The van der Waals surface area contributed by atoms with Gasteiger partial charge in [0.1, 0.15) is 0 Å². The number of rotatable bonds is 4. The smallest absolute Gasteiger partial charge is 0.0443 e. The summed E-state index contributed by atoms with van der Waals surface area (Å²) >= 11 is 0. The van der Waals surface area contributed by atoms with Crippen LogP contribution in [0.15, 0.2) is 0 Å². The van der Waals surface area contributed by atoms with Crippen LogP contribution in [-0.2, 0) is 0 Å². The molecule has 0 spiro atoms. The molecule has 0 aromatic carbocycles. The topological polar surface area (TPSA) is 35.5 Å². The minimum absolute atomic E-state index is 0.316. The molecule has 2 bridgehead atoms.